The lowest BCUT2D eigenvalue weighted by Gasteiger charge is -2.24. The summed E-state index contributed by atoms with van der Waals surface area (Å²) in [7, 11) is 0. The number of ether oxygens (including phenoxy) is 1. The van der Waals surface area contributed by atoms with Crippen molar-refractivity contribution in [3.05, 3.63) is 12.7 Å². The molecule has 0 aromatic carbocycles. The van der Waals surface area contributed by atoms with Gasteiger partial charge in [-0.25, -0.2) is 4.79 Å². The second-order valence-corrected chi connectivity index (χ2v) is 5.24. The molecule has 2 atom stereocenters. The quantitative estimate of drug-likeness (QED) is 0.732. The van der Waals surface area contributed by atoms with E-state index in [1.807, 2.05) is 20.8 Å². The molecule has 92 valence electrons. The fraction of sp³-hybridized carbons (Fsp3) is 0.750. The van der Waals surface area contributed by atoms with E-state index in [1.165, 1.54) is 0 Å². The van der Waals surface area contributed by atoms with Crippen molar-refractivity contribution in [1.29, 1.82) is 0 Å². The first kappa shape index (κ1) is 13.0. The van der Waals surface area contributed by atoms with Crippen LogP contribution in [0.1, 0.15) is 27.2 Å². The van der Waals surface area contributed by atoms with E-state index >= 15 is 0 Å². The highest BCUT2D eigenvalue weighted by atomic mass is 16.6. The Morgan fingerprint density at radius 2 is 2.19 bits per heavy atom. The standard InChI is InChI=1S/C12H21NO3/c1-5-6-9-7-13(8-10(9)14)11(15)16-12(2,3)4/h5,9-10,14H,1,6-8H2,2-4H3/t9-,10+/m0/s1. The van der Waals surface area contributed by atoms with Gasteiger partial charge in [0, 0.05) is 12.5 Å². The van der Waals surface area contributed by atoms with E-state index < -0.39 is 11.7 Å². The zero-order chi connectivity index (χ0) is 12.3. The summed E-state index contributed by atoms with van der Waals surface area (Å²) >= 11 is 0. The fourth-order valence-electron chi connectivity index (χ4n) is 1.78. The summed E-state index contributed by atoms with van der Waals surface area (Å²) < 4.78 is 5.25. The van der Waals surface area contributed by atoms with Crippen LogP contribution in [-0.4, -0.2) is 40.9 Å². The topological polar surface area (TPSA) is 49.8 Å². The van der Waals surface area contributed by atoms with Crippen LogP contribution in [0.15, 0.2) is 12.7 Å². The van der Waals surface area contributed by atoms with Crippen molar-refractivity contribution in [2.75, 3.05) is 13.1 Å². The number of β-amino-alcohol motifs (C(OH)–C–C–N with tert-alkyl or cyclic N) is 1. The smallest absolute Gasteiger partial charge is 0.410 e. The fourth-order valence-corrected chi connectivity index (χ4v) is 1.78. The van der Waals surface area contributed by atoms with Gasteiger partial charge < -0.3 is 14.7 Å². The van der Waals surface area contributed by atoms with Crippen LogP contribution in [-0.2, 0) is 4.74 Å². The number of hydrogen-bond donors (Lipinski definition) is 1. The number of allylic oxidation sites excluding steroid dienone is 1. The molecule has 0 aliphatic carbocycles. The zero-order valence-electron chi connectivity index (χ0n) is 10.3. The molecule has 0 radical (unpaired) electrons. The molecule has 0 unspecified atom stereocenters. The summed E-state index contributed by atoms with van der Waals surface area (Å²) in [6, 6.07) is 0. The van der Waals surface area contributed by atoms with Crippen molar-refractivity contribution in [3.63, 3.8) is 0 Å². The van der Waals surface area contributed by atoms with E-state index in [0.29, 0.717) is 13.1 Å². The number of carbonyl (C=O) groups excluding carboxylic acids is 1. The van der Waals surface area contributed by atoms with E-state index in [9.17, 15) is 9.90 Å². The van der Waals surface area contributed by atoms with E-state index in [0.717, 1.165) is 6.42 Å². The lowest BCUT2D eigenvalue weighted by Crippen LogP contribution is -2.35. The predicted octanol–water partition coefficient (Wildman–Crippen LogP) is 1.79. The van der Waals surface area contributed by atoms with Gasteiger partial charge in [-0.15, -0.1) is 6.58 Å². The third-order valence-electron chi connectivity index (χ3n) is 2.53. The Kier molecular flexibility index (Phi) is 3.97. The highest BCUT2D eigenvalue weighted by molar-refractivity contribution is 5.68. The first-order chi connectivity index (χ1) is 7.33. The third kappa shape index (κ3) is 3.52. The van der Waals surface area contributed by atoms with Gasteiger partial charge in [-0.3, -0.25) is 0 Å². The first-order valence-electron chi connectivity index (χ1n) is 5.60. The van der Waals surface area contributed by atoms with Gasteiger partial charge in [-0.1, -0.05) is 6.08 Å². The zero-order valence-corrected chi connectivity index (χ0v) is 10.3. The van der Waals surface area contributed by atoms with Gasteiger partial charge in [0.05, 0.1) is 12.6 Å². The molecule has 0 aromatic rings. The Morgan fingerprint density at radius 3 is 2.69 bits per heavy atom. The summed E-state index contributed by atoms with van der Waals surface area (Å²) in [4.78, 5) is 13.3. The van der Waals surface area contributed by atoms with Crippen molar-refractivity contribution < 1.29 is 14.6 Å². The molecule has 1 aliphatic heterocycles. The molecule has 1 aliphatic rings. The van der Waals surface area contributed by atoms with Gasteiger partial charge in [0.1, 0.15) is 5.60 Å². The Bertz CT molecular complexity index is 270. The molecule has 1 amide bonds. The number of amides is 1. The predicted molar refractivity (Wildman–Crippen MR) is 62.1 cm³/mol. The largest absolute Gasteiger partial charge is 0.444 e. The van der Waals surface area contributed by atoms with E-state index in [-0.39, 0.29) is 12.0 Å². The van der Waals surface area contributed by atoms with Gasteiger partial charge in [-0.2, -0.15) is 0 Å². The molecule has 0 saturated carbocycles. The molecule has 0 aromatic heterocycles. The second kappa shape index (κ2) is 4.87. The van der Waals surface area contributed by atoms with Gasteiger partial charge >= 0.3 is 6.09 Å². The van der Waals surface area contributed by atoms with Crippen LogP contribution in [0.4, 0.5) is 4.79 Å². The van der Waals surface area contributed by atoms with Crippen LogP contribution >= 0.6 is 0 Å². The normalized spacial score (nSPS) is 25.6. The highest BCUT2D eigenvalue weighted by Crippen LogP contribution is 2.22. The molecule has 1 saturated heterocycles. The van der Waals surface area contributed by atoms with Crippen molar-refractivity contribution >= 4 is 6.09 Å². The van der Waals surface area contributed by atoms with Gasteiger partial charge in [-0.05, 0) is 27.2 Å². The van der Waals surface area contributed by atoms with E-state index in [1.54, 1.807) is 11.0 Å². The van der Waals surface area contributed by atoms with Crippen molar-refractivity contribution in [3.8, 4) is 0 Å². The molecule has 1 fully saturated rings. The van der Waals surface area contributed by atoms with Crippen LogP contribution in [0.2, 0.25) is 0 Å². The molecular weight excluding hydrogens is 206 g/mol. The summed E-state index contributed by atoms with van der Waals surface area (Å²) in [6.45, 7) is 10.0. The lowest BCUT2D eigenvalue weighted by molar-refractivity contribution is 0.0270. The molecule has 16 heavy (non-hydrogen) atoms. The average Bonchev–Trinajstić information content (AvgIpc) is 2.46. The second-order valence-electron chi connectivity index (χ2n) is 5.24. The van der Waals surface area contributed by atoms with Crippen LogP contribution in [0, 0.1) is 5.92 Å². The molecule has 4 nitrogen and oxygen atoms in total. The molecule has 1 N–H and O–H groups in total. The van der Waals surface area contributed by atoms with Gasteiger partial charge in [0.15, 0.2) is 0 Å². The molecular formula is C12H21NO3. The van der Waals surface area contributed by atoms with Crippen molar-refractivity contribution in [1.82, 2.24) is 4.90 Å². The van der Waals surface area contributed by atoms with Crippen molar-refractivity contribution in [2.24, 2.45) is 5.92 Å². The Morgan fingerprint density at radius 1 is 1.56 bits per heavy atom. The molecule has 1 heterocycles. The maximum absolute atomic E-state index is 11.7. The Labute approximate surface area is 96.9 Å². The van der Waals surface area contributed by atoms with Crippen molar-refractivity contribution in [2.45, 2.75) is 38.9 Å². The average molecular weight is 227 g/mol. The number of aliphatic hydroxyl groups is 1. The molecule has 1 rings (SSSR count). The molecule has 0 bridgehead atoms. The van der Waals surface area contributed by atoms with Crippen LogP contribution in [0.3, 0.4) is 0 Å². The summed E-state index contributed by atoms with van der Waals surface area (Å²) in [5.74, 6) is 0.0880. The summed E-state index contributed by atoms with van der Waals surface area (Å²) in [5.41, 5.74) is -0.488. The maximum atomic E-state index is 11.7. The number of hydrogen-bond acceptors (Lipinski definition) is 3. The van der Waals surface area contributed by atoms with Gasteiger partial charge in [0.25, 0.3) is 0 Å². The summed E-state index contributed by atoms with van der Waals surface area (Å²) in [6.07, 6.45) is 1.68. The number of nitrogens with zero attached hydrogens (tertiary/aromatic N) is 1. The number of rotatable bonds is 2. The third-order valence-corrected chi connectivity index (χ3v) is 2.53. The molecule has 4 heteroatoms. The van der Waals surface area contributed by atoms with E-state index in [4.69, 9.17) is 4.74 Å². The first-order valence-corrected chi connectivity index (χ1v) is 5.60. The highest BCUT2D eigenvalue weighted by Gasteiger charge is 2.35. The van der Waals surface area contributed by atoms with Crippen LogP contribution in [0.25, 0.3) is 0 Å². The SMILES string of the molecule is C=CC[C@H]1CN(C(=O)OC(C)(C)C)C[C@H]1O. The minimum Gasteiger partial charge on any atom is -0.444 e. The Balaban J connectivity index is 2.51. The Hall–Kier alpha value is -1.03. The number of aliphatic hydroxyl groups excluding tert-OH is 1. The summed E-state index contributed by atoms with van der Waals surface area (Å²) in [5, 5.41) is 9.74. The lowest BCUT2D eigenvalue weighted by atomic mass is 10.0. The number of likely N-dealkylation sites (tertiary alicyclic amines) is 1. The van der Waals surface area contributed by atoms with Gasteiger partial charge in [0.2, 0.25) is 0 Å². The minimum atomic E-state index is -0.488. The number of carbonyl (C=O) groups is 1. The molecule has 0 spiro atoms. The van der Waals surface area contributed by atoms with Crippen LogP contribution < -0.4 is 0 Å². The minimum absolute atomic E-state index is 0.0880. The van der Waals surface area contributed by atoms with E-state index in [2.05, 4.69) is 6.58 Å². The maximum Gasteiger partial charge on any atom is 0.410 e. The van der Waals surface area contributed by atoms with Crippen LogP contribution in [0.5, 0.6) is 0 Å². The monoisotopic (exact) mass is 227 g/mol.